The van der Waals surface area contributed by atoms with Crippen molar-refractivity contribution in [3.63, 3.8) is 0 Å². The van der Waals surface area contributed by atoms with Gasteiger partial charge in [-0.05, 0) is 53.8 Å². The van der Waals surface area contributed by atoms with Crippen molar-refractivity contribution in [1.82, 2.24) is 0 Å². The molecule has 158 valence electrons. The van der Waals surface area contributed by atoms with E-state index in [0.717, 1.165) is 47.3 Å². The number of rotatable bonds is 15. The van der Waals surface area contributed by atoms with Crippen LogP contribution in [0.15, 0.2) is 0 Å². The van der Waals surface area contributed by atoms with Gasteiger partial charge in [0.05, 0.1) is 0 Å². The minimum absolute atomic E-state index is 0.808. The van der Waals surface area contributed by atoms with Crippen LogP contribution in [0.3, 0.4) is 0 Å². The molecule has 0 aliphatic rings. The molecule has 6 unspecified atom stereocenters. The molecule has 0 heteroatoms. The molecule has 0 N–H and O–H groups in total. The molecule has 0 fully saturated rings. The average Bonchev–Trinajstić information content (AvgIpc) is 2.59. The number of hydrogen-bond acceptors (Lipinski definition) is 0. The van der Waals surface area contributed by atoms with Crippen LogP contribution in [0, 0.1) is 47.3 Å². The first-order valence-electron chi connectivity index (χ1n) is 12.1. The summed E-state index contributed by atoms with van der Waals surface area (Å²) in [6, 6.07) is 0. The SMILES string of the molecule is CCC(C)CCCC(C)C(C)CCCCC(C(C)C)C(C)C(C)C(C)C. The van der Waals surface area contributed by atoms with E-state index in [0.29, 0.717) is 0 Å². The van der Waals surface area contributed by atoms with Crippen molar-refractivity contribution in [3.05, 3.63) is 0 Å². The lowest BCUT2D eigenvalue weighted by Crippen LogP contribution is -2.26. The molecule has 0 spiro atoms. The Labute approximate surface area is 168 Å². The van der Waals surface area contributed by atoms with Crippen molar-refractivity contribution >= 4 is 0 Å². The lowest BCUT2D eigenvalue weighted by molar-refractivity contribution is 0.155. The first-order valence-corrected chi connectivity index (χ1v) is 12.1. The van der Waals surface area contributed by atoms with Gasteiger partial charge in [-0.3, -0.25) is 0 Å². The van der Waals surface area contributed by atoms with E-state index >= 15 is 0 Å². The summed E-state index contributed by atoms with van der Waals surface area (Å²) in [7, 11) is 0. The molecule has 0 rings (SSSR count). The summed E-state index contributed by atoms with van der Waals surface area (Å²) in [5, 5.41) is 0. The van der Waals surface area contributed by atoms with E-state index in [-0.39, 0.29) is 0 Å². The summed E-state index contributed by atoms with van der Waals surface area (Å²) < 4.78 is 0. The Morgan fingerprint density at radius 1 is 0.500 bits per heavy atom. The topological polar surface area (TPSA) is 0 Å². The van der Waals surface area contributed by atoms with Crippen molar-refractivity contribution in [3.8, 4) is 0 Å². The number of hydrogen-bond donors (Lipinski definition) is 0. The lowest BCUT2D eigenvalue weighted by atomic mass is 9.72. The maximum absolute atomic E-state index is 2.51. The molecule has 6 atom stereocenters. The minimum atomic E-state index is 0.808. The van der Waals surface area contributed by atoms with Crippen molar-refractivity contribution in [2.75, 3.05) is 0 Å². The first kappa shape index (κ1) is 26.0. The zero-order valence-electron chi connectivity index (χ0n) is 20.3. The van der Waals surface area contributed by atoms with Crippen molar-refractivity contribution in [2.45, 2.75) is 121 Å². The van der Waals surface area contributed by atoms with Crippen molar-refractivity contribution in [1.29, 1.82) is 0 Å². The summed E-state index contributed by atoms with van der Waals surface area (Å²) >= 11 is 0. The molecule has 0 aromatic rings. The van der Waals surface area contributed by atoms with Gasteiger partial charge in [0.25, 0.3) is 0 Å². The third-order valence-electron chi connectivity index (χ3n) is 7.88. The van der Waals surface area contributed by atoms with Gasteiger partial charge in [-0.15, -0.1) is 0 Å². The molecule has 0 aromatic heterocycles. The summed E-state index contributed by atoms with van der Waals surface area (Å²) in [6.07, 6.45) is 11.4. The van der Waals surface area contributed by atoms with Crippen LogP contribution in [0.2, 0.25) is 0 Å². The third-order valence-corrected chi connectivity index (χ3v) is 7.88. The molecule has 0 aliphatic heterocycles. The van der Waals surface area contributed by atoms with Crippen LogP contribution in [-0.4, -0.2) is 0 Å². The molecule has 0 nitrogen and oxygen atoms in total. The van der Waals surface area contributed by atoms with E-state index in [1.165, 1.54) is 51.4 Å². The zero-order chi connectivity index (χ0) is 20.3. The molecular weight excluding hydrogens is 312 g/mol. The highest BCUT2D eigenvalue weighted by atomic mass is 14.3. The molecule has 0 aromatic carbocycles. The van der Waals surface area contributed by atoms with Gasteiger partial charge in [-0.2, -0.15) is 0 Å². The Bertz CT molecular complexity index is 316. The molecule has 0 radical (unpaired) electrons. The summed E-state index contributed by atoms with van der Waals surface area (Å²) in [5.74, 6) is 6.94. The highest BCUT2D eigenvalue weighted by molar-refractivity contribution is 4.76. The Morgan fingerprint density at radius 3 is 1.46 bits per heavy atom. The van der Waals surface area contributed by atoms with E-state index in [2.05, 4.69) is 69.2 Å². The second-order valence-corrected chi connectivity index (χ2v) is 10.6. The fourth-order valence-electron chi connectivity index (χ4n) is 4.61. The highest BCUT2D eigenvalue weighted by Gasteiger charge is 2.26. The van der Waals surface area contributed by atoms with Gasteiger partial charge in [0, 0.05) is 0 Å². The highest BCUT2D eigenvalue weighted by Crippen LogP contribution is 2.35. The number of unbranched alkanes of at least 4 members (excludes halogenated alkanes) is 1. The molecule has 0 bridgehead atoms. The minimum Gasteiger partial charge on any atom is -0.0651 e. The van der Waals surface area contributed by atoms with Crippen LogP contribution >= 0.6 is 0 Å². The summed E-state index contributed by atoms with van der Waals surface area (Å²) in [5.41, 5.74) is 0. The Balaban J connectivity index is 4.15. The van der Waals surface area contributed by atoms with Gasteiger partial charge >= 0.3 is 0 Å². The van der Waals surface area contributed by atoms with Crippen LogP contribution in [0.5, 0.6) is 0 Å². The van der Waals surface area contributed by atoms with Crippen molar-refractivity contribution < 1.29 is 0 Å². The molecular formula is C26H54. The maximum Gasteiger partial charge on any atom is -0.0363 e. The maximum atomic E-state index is 2.51. The first-order chi connectivity index (χ1) is 12.1. The third kappa shape index (κ3) is 10.4. The second-order valence-electron chi connectivity index (χ2n) is 10.6. The molecule has 0 amide bonds. The standard InChI is InChI=1S/C26H54/c1-11-21(6)15-14-17-23(8)22(7)16-12-13-18-26(20(4)5)25(10)24(9)19(2)3/h19-26H,11-18H2,1-10H3. The van der Waals surface area contributed by atoms with Gasteiger partial charge in [-0.25, -0.2) is 0 Å². The molecule has 0 saturated heterocycles. The van der Waals surface area contributed by atoms with Crippen LogP contribution in [0.4, 0.5) is 0 Å². The molecule has 0 aliphatic carbocycles. The summed E-state index contributed by atoms with van der Waals surface area (Å²) in [6.45, 7) is 24.4. The van der Waals surface area contributed by atoms with Crippen LogP contribution in [-0.2, 0) is 0 Å². The van der Waals surface area contributed by atoms with Crippen LogP contribution in [0.1, 0.15) is 121 Å². The van der Waals surface area contributed by atoms with Crippen molar-refractivity contribution in [2.24, 2.45) is 47.3 Å². The Kier molecular flexibility index (Phi) is 14.1. The van der Waals surface area contributed by atoms with E-state index in [4.69, 9.17) is 0 Å². The predicted molar refractivity (Wildman–Crippen MR) is 122 cm³/mol. The quantitative estimate of drug-likeness (QED) is 0.253. The van der Waals surface area contributed by atoms with Gasteiger partial charge < -0.3 is 0 Å². The molecule has 0 saturated carbocycles. The van der Waals surface area contributed by atoms with Crippen LogP contribution in [0.25, 0.3) is 0 Å². The van der Waals surface area contributed by atoms with E-state index in [9.17, 15) is 0 Å². The zero-order valence-corrected chi connectivity index (χ0v) is 20.3. The average molecular weight is 367 g/mol. The monoisotopic (exact) mass is 366 g/mol. The molecule has 26 heavy (non-hydrogen) atoms. The molecule has 0 heterocycles. The predicted octanol–water partition coefficient (Wildman–Crippen LogP) is 9.24. The van der Waals surface area contributed by atoms with Gasteiger partial charge in [-0.1, -0.05) is 114 Å². The van der Waals surface area contributed by atoms with E-state index in [1.807, 2.05) is 0 Å². The van der Waals surface area contributed by atoms with Gasteiger partial charge in [0.2, 0.25) is 0 Å². The van der Waals surface area contributed by atoms with Gasteiger partial charge in [0.1, 0.15) is 0 Å². The lowest BCUT2D eigenvalue weighted by Gasteiger charge is -2.34. The second kappa shape index (κ2) is 14.1. The Morgan fingerprint density at radius 2 is 1.00 bits per heavy atom. The van der Waals surface area contributed by atoms with E-state index < -0.39 is 0 Å². The largest absolute Gasteiger partial charge is 0.0651 e. The smallest absolute Gasteiger partial charge is 0.0363 e. The fraction of sp³-hybridized carbons (Fsp3) is 1.00. The van der Waals surface area contributed by atoms with E-state index in [1.54, 1.807) is 0 Å². The van der Waals surface area contributed by atoms with Crippen LogP contribution < -0.4 is 0 Å². The Hall–Kier alpha value is 0. The normalized spacial score (nSPS) is 19.4. The summed E-state index contributed by atoms with van der Waals surface area (Å²) in [4.78, 5) is 0. The van der Waals surface area contributed by atoms with Gasteiger partial charge in [0.15, 0.2) is 0 Å². The fourth-order valence-corrected chi connectivity index (χ4v) is 4.61.